The van der Waals surface area contributed by atoms with Gasteiger partial charge in [0.15, 0.2) is 0 Å². The number of ether oxygens (including phenoxy) is 1. The Labute approximate surface area is 46.4 Å². The third kappa shape index (κ3) is 1.43. The highest BCUT2D eigenvalue weighted by Crippen LogP contribution is 1.85. The SMILES string of the molecule is COC(=O)N(C)[N+]#N. The Hall–Kier alpha value is -1.31. The molecule has 0 aromatic rings. The first-order valence-electron chi connectivity index (χ1n) is 1.89. The first-order chi connectivity index (χ1) is 3.72. The van der Waals surface area contributed by atoms with E-state index < -0.39 is 6.09 Å². The molecular formula is C3H6N3O2+. The van der Waals surface area contributed by atoms with Gasteiger partial charge < -0.3 is 4.74 Å². The summed E-state index contributed by atoms with van der Waals surface area (Å²) in [4.78, 5) is 10.2. The standard InChI is InChI=1S/C3H6N3O2/c1-6(5-4)3(7)8-2/h1-2H3/q+1. The summed E-state index contributed by atoms with van der Waals surface area (Å²) < 4.78 is 4.14. The van der Waals surface area contributed by atoms with Gasteiger partial charge in [-0.2, -0.15) is 0 Å². The zero-order valence-corrected chi connectivity index (χ0v) is 4.66. The van der Waals surface area contributed by atoms with Crippen molar-refractivity contribution in [3.05, 3.63) is 5.08 Å². The maximum Gasteiger partial charge on any atom is 0.480 e. The van der Waals surface area contributed by atoms with Crippen molar-refractivity contribution in [1.29, 1.82) is 5.39 Å². The molecule has 0 spiro atoms. The molecule has 0 N–H and O–H groups in total. The van der Waals surface area contributed by atoms with E-state index in [1.807, 2.05) is 0 Å². The average Bonchev–Trinajstić information content (AvgIpc) is 1.84. The van der Waals surface area contributed by atoms with Crippen LogP contribution in [0.1, 0.15) is 0 Å². The fourth-order valence-corrected chi connectivity index (χ4v) is 0.169. The lowest BCUT2D eigenvalue weighted by atomic mass is 11.0. The van der Waals surface area contributed by atoms with Crippen LogP contribution in [0.5, 0.6) is 0 Å². The van der Waals surface area contributed by atoms with E-state index in [1.54, 1.807) is 0 Å². The van der Waals surface area contributed by atoms with Crippen molar-refractivity contribution >= 4 is 6.09 Å². The number of hydrogen-bond donors (Lipinski definition) is 0. The molecule has 0 unspecified atom stereocenters. The molecule has 5 heteroatoms. The van der Waals surface area contributed by atoms with Gasteiger partial charge in [0.1, 0.15) is 0 Å². The molecule has 0 atom stereocenters. The molecule has 0 aliphatic rings. The molecule has 44 valence electrons. The number of amides is 1. The summed E-state index contributed by atoms with van der Waals surface area (Å²) in [5, 5.41) is 11.1. The van der Waals surface area contributed by atoms with Crippen molar-refractivity contribution in [2.45, 2.75) is 0 Å². The minimum atomic E-state index is -0.701. The largest absolute Gasteiger partial charge is 0.480 e. The normalized spacial score (nSPS) is 7.12. The van der Waals surface area contributed by atoms with Gasteiger partial charge in [-0.1, -0.05) is 0 Å². The smallest absolute Gasteiger partial charge is 0.448 e. The Balaban J connectivity index is 3.68. The van der Waals surface area contributed by atoms with E-state index in [-0.39, 0.29) is 0 Å². The molecule has 0 saturated heterocycles. The second kappa shape index (κ2) is 2.80. The van der Waals surface area contributed by atoms with Crippen LogP contribution in [0.15, 0.2) is 0 Å². The first kappa shape index (κ1) is 6.69. The monoisotopic (exact) mass is 116 g/mol. The predicted molar refractivity (Wildman–Crippen MR) is 25.3 cm³/mol. The van der Waals surface area contributed by atoms with Crippen molar-refractivity contribution in [2.75, 3.05) is 14.2 Å². The number of hydrogen-bond acceptors (Lipinski definition) is 3. The Kier molecular flexibility index (Phi) is 2.34. The van der Waals surface area contributed by atoms with E-state index in [9.17, 15) is 4.79 Å². The van der Waals surface area contributed by atoms with Crippen molar-refractivity contribution in [2.24, 2.45) is 0 Å². The van der Waals surface area contributed by atoms with Crippen molar-refractivity contribution in [1.82, 2.24) is 5.01 Å². The van der Waals surface area contributed by atoms with E-state index in [2.05, 4.69) is 9.82 Å². The van der Waals surface area contributed by atoms with E-state index in [4.69, 9.17) is 5.39 Å². The fourth-order valence-electron chi connectivity index (χ4n) is 0.169. The van der Waals surface area contributed by atoms with Gasteiger partial charge >= 0.3 is 11.2 Å². The van der Waals surface area contributed by atoms with Crippen LogP contribution in [-0.2, 0) is 4.74 Å². The lowest BCUT2D eigenvalue weighted by molar-refractivity contribution is 0.145. The summed E-state index contributed by atoms with van der Waals surface area (Å²) in [7, 11) is 2.47. The summed E-state index contributed by atoms with van der Waals surface area (Å²) in [6, 6.07) is 0. The zero-order valence-electron chi connectivity index (χ0n) is 4.66. The van der Waals surface area contributed by atoms with Gasteiger partial charge in [-0.3, -0.25) is 0 Å². The second-order valence-corrected chi connectivity index (χ2v) is 1.08. The number of diazo groups is 1. The highest BCUT2D eigenvalue weighted by atomic mass is 16.5. The molecule has 5 nitrogen and oxygen atoms in total. The van der Waals surface area contributed by atoms with Gasteiger partial charge in [0.05, 0.1) is 19.2 Å². The van der Waals surface area contributed by atoms with Gasteiger partial charge in [0.2, 0.25) is 0 Å². The molecule has 0 aliphatic heterocycles. The summed E-state index contributed by atoms with van der Waals surface area (Å²) in [5.41, 5.74) is 0. The van der Waals surface area contributed by atoms with Gasteiger partial charge in [0, 0.05) is 0 Å². The molecule has 0 aliphatic carbocycles. The Bertz CT molecular complexity index is 127. The zero-order chi connectivity index (χ0) is 6.57. The summed E-state index contributed by atoms with van der Waals surface area (Å²) >= 11 is 0. The van der Waals surface area contributed by atoms with Crippen molar-refractivity contribution in [3.8, 4) is 0 Å². The van der Waals surface area contributed by atoms with Gasteiger partial charge in [-0.05, 0) is 0 Å². The topological polar surface area (TPSA) is 57.7 Å². The minimum absolute atomic E-state index is 0.667. The number of nitrogens with zero attached hydrogens (tertiary/aromatic N) is 3. The summed E-state index contributed by atoms with van der Waals surface area (Å²) in [5.74, 6) is 0. The highest BCUT2D eigenvalue weighted by Gasteiger charge is 2.16. The Morgan fingerprint density at radius 3 is 2.50 bits per heavy atom. The van der Waals surface area contributed by atoms with E-state index in [1.165, 1.54) is 14.2 Å². The average molecular weight is 116 g/mol. The molecule has 0 saturated carbocycles. The van der Waals surface area contributed by atoms with Gasteiger partial charge in [-0.25, -0.2) is 4.79 Å². The number of carbonyl (C=O) groups excluding carboxylic acids is 1. The van der Waals surface area contributed by atoms with E-state index >= 15 is 0 Å². The lowest BCUT2D eigenvalue weighted by Crippen LogP contribution is -2.18. The number of methoxy groups -OCH3 is 1. The molecule has 0 fully saturated rings. The quantitative estimate of drug-likeness (QED) is 0.341. The van der Waals surface area contributed by atoms with Gasteiger partial charge in [0.25, 0.3) is 5.39 Å². The maximum absolute atomic E-state index is 10.2. The second-order valence-electron chi connectivity index (χ2n) is 1.08. The lowest BCUT2D eigenvalue weighted by Gasteiger charge is -1.90. The van der Waals surface area contributed by atoms with Crippen LogP contribution in [0.3, 0.4) is 0 Å². The molecule has 0 rings (SSSR count). The van der Waals surface area contributed by atoms with Crippen molar-refractivity contribution in [3.63, 3.8) is 0 Å². The number of carbonyl (C=O) groups is 1. The molecule has 0 heterocycles. The molecule has 0 bridgehead atoms. The third-order valence-electron chi connectivity index (χ3n) is 0.573. The molecule has 1 amide bonds. The summed E-state index contributed by atoms with van der Waals surface area (Å²) in [6.45, 7) is 0. The highest BCUT2D eigenvalue weighted by molar-refractivity contribution is 5.67. The van der Waals surface area contributed by atoms with Crippen LogP contribution in [0.4, 0.5) is 4.79 Å². The van der Waals surface area contributed by atoms with Crippen molar-refractivity contribution < 1.29 is 9.53 Å². The van der Waals surface area contributed by atoms with Crippen LogP contribution < -0.4 is 0 Å². The Morgan fingerprint density at radius 2 is 2.38 bits per heavy atom. The van der Waals surface area contributed by atoms with Gasteiger partial charge in [-0.15, -0.1) is 0 Å². The third-order valence-corrected chi connectivity index (χ3v) is 0.573. The van der Waals surface area contributed by atoms with Crippen LogP contribution >= 0.6 is 0 Å². The summed E-state index contributed by atoms with van der Waals surface area (Å²) in [6.07, 6.45) is -0.701. The van der Waals surface area contributed by atoms with E-state index in [0.717, 1.165) is 0 Å². The first-order valence-corrected chi connectivity index (χ1v) is 1.89. The molecular weight excluding hydrogens is 110 g/mol. The molecule has 8 heavy (non-hydrogen) atoms. The Morgan fingerprint density at radius 1 is 1.88 bits per heavy atom. The fraction of sp³-hybridized carbons (Fsp3) is 0.667. The molecule has 0 aromatic heterocycles. The van der Waals surface area contributed by atoms with Crippen LogP contribution in [0, 0.1) is 5.39 Å². The van der Waals surface area contributed by atoms with Crippen LogP contribution in [0.2, 0.25) is 0 Å². The minimum Gasteiger partial charge on any atom is -0.448 e. The number of rotatable bonds is 0. The van der Waals surface area contributed by atoms with Crippen LogP contribution in [0.25, 0.3) is 5.08 Å². The van der Waals surface area contributed by atoms with E-state index in [0.29, 0.717) is 5.01 Å². The maximum atomic E-state index is 10.2. The predicted octanol–water partition coefficient (Wildman–Crippen LogP) is 0.453. The molecule has 0 aromatic carbocycles. The van der Waals surface area contributed by atoms with Crippen LogP contribution in [-0.4, -0.2) is 25.3 Å². The molecule has 0 radical (unpaired) electrons.